The highest BCUT2D eigenvalue weighted by Crippen LogP contribution is 2.47. The van der Waals surface area contributed by atoms with E-state index >= 15 is 0 Å². The van der Waals surface area contributed by atoms with E-state index in [2.05, 4.69) is 0 Å². The second kappa shape index (κ2) is 9.02. The van der Waals surface area contributed by atoms with Gasteiger partial charge in [0.05, 0.1) is 17.1 Å². The molecule has 3 N–H and O–H groups in total. The number of aryl methyl sites for hydroxylation is 3. The fourth-order valence-corrected chi connectivity index (χ4v) is 4.06. The molecule has 0 bridgehead atoms. The van der Waals surface area contributed by atoms with E-state index in [0.717, 1.165) is 28.1 Å². The molecule has 0 unspecified atom stereocenters. The van der Waals surface area contributed by atoms with Crippen molar-refractivity contribution < 1.29 is 20.1 Å². The molecular formula is C29H29NO4. The standard InChI is InChI=1S/C29H29NO4/c1-17-10-11-29(27(33)14-17)34-28-9-7-6-8-22(28)30(23-12-18(2)15-25(31)20(23)4)24-13-19(3)16-26(32)21(24)5/h6-16,31-33H,1-5H3. The van der Waals surface area contributed by atoms with Gasteiger partial charge in [0.1, 0.15) is 11.5 Å². The normalized spacial score (nSPS) is 10.9. The van der Waals surface area contributed by atoms with Crippen LogP contribution < -0.4 is 9.64 Å². The van der Waals surface area contributed by atoms with Gasteiger partial charge in [-0.2, -0.15) is 0 Å². The minimum atomic E-state index is 0.0510. The highest BCUT2D eigenvalue weighted by molar-refractivity contribution is 5.85. The summed E-state index contributed by atoms with van der Waals surface area (Å²) in [6.07, 6.45) is 0. The van der Waals surface area contributed by atoms with Gasteiger partial charge in [0.15, 0.2) is 17.2 Å². The third-order valence-corrected chi connectivity index (χ3v) is 5.92. The summed E-state index contributed by atoms with van der Waals surface area (Å²) in [5.74, 6) is 1.27. The van der Waals surface area contributed by atoms with Crippen molar-refractivity contribution >= 4 is 17.1 Å². The molecule has 0 heterocycles. The first-order chi connectivity index (χ1) is 16.2. The summed E-state index contributed by atoms with van der Waals surface area (Å²) < 4.78 is 6.20. The molecule has 0 aliphatic rings. The van der Waals surface area contributed by atoms with E-state index in [-0.39, 0.29) is 17.2 Å². The lowest BCUT2D eigenvalue weighted by Crippen LogP contribution is -2.14. The number of rotatable bonds is 5. The molecule has 0 aliphatic heterocycles. The fourth-order valence-electron chi connectivity index (χ4n) is 4.06. The highest BCUT2D eigenvalue weighted by Gasteiger charge is 2.23. The average Bonchev–Trinajstić information content (AvgIpc) is 2.78. The van der Waals surface area contributed by atoms with Gasteiger partial charge in [-0.25, -0.2) is 0 Å². The third-order valence-electron chi connectivity index (χ3n) is 5.92. The fraction of sp³-hybridized carbons (Fsp3) is 0.172. The van der Waals surface area contributed by atoms with E-state index in [1.807, 2.05) is 82.0 Å². The van der Waals surface area contributed by atoms with Gasteiger partial charge in [0, 0.05) is 11.1 Å². The largest absolute Gasteiger partial charge is 0.508 e. The van der Waals surface area contributed by atoms with Crippen LogP contribution in [-0.4, -0.2) is 15.3 Å². The lowest BCUT2D eigenvalue weighted by Gasteiger charge is -2.31. The SMILES string of the molecule is Cc1ccc(Oc2ccccc2N(c2cc(C)cc(O)c2C)c2cc(C)cc(O)c2C)c(O)c1. The summed E-state index contributed by atoms with van der Waals surface area (Å²) in [4.78, 5) is 1.98. The second-order valence-electron chi connectivity index (χ2n) is 8.73. The Balaban J connectivity index is 1.98. The van der Waals surface area contributed by atoms with Crippen LogP contribution >= 0.6 is 0 Å². The van der Waals surface area contributed by atoms with Gasteiger partial charge >= 0.3 is 0 Å². The van der Waals surface area contributed by atoms with Crippen LogP contribution in [0.1, 0.15) is 27.8 Å². The molecule has 174 valence electrons. The quantitative estimate of drug-likeness (QED) is 0.289. The first-order valence-corrected chi connectivity index (χ1v) is 11.1. The first kappa shape index (κ1) is 23.1. The lowest BCUT2D eigenvalue weighted by atomic mass is 10.0. The molecule has 0 fully saturated rings. The molecule has 4 aromatic rings. The summed E-state index contributed by atoms with van der Waals surface area (Å²) in [6.45, 7) is 9.47. The summed E-state index contributed by atoms with van der Waals surface area (Å²) in [7, 11) is 0. The molecule has 0 aliphatic carbocycles. The molecule has 0 spiro atoms. The second-order valence-corrected chi connectivity index (χ2v) is 8.73. The number of aromatic hydroxyl groups is 3. The Hall–Kier alpha value is -4.12. The monoisotopic (exact) mass is 455 g/mol. The van der Waals surface area contributed by atoms with Gasteiger partial charge in [0.25, 0.3) is 0 Å². The Bertz CT molecular complexity index is 1320. The van der Waals surface area contributed by atoms with Crippen LogP contribution in [0.2, 0.25) is 0 Å². The van der Waals surface area contributed by atoms with Crippen LogP contribution in [-0.2, 0) is 0 Å². The number of phenolic OH excluding ortho intramolecular Hbond substituents is 3. The van der Waals surface area contributed by atoms with Crippen molar-refractivity contribution in [2.75, 3.05) is 4.90 Å². The van der Waals surface area contributed by atoms with Crippen LogP contribution in [0.25, 0.3) is 0 Å². The minimum Gasteiger partial charge on any atom is -0.508 e. The zero-order chi connectivity index (χ0) is 24.6. The summed E-state index contributed by atoms with van der Waals surface area (Å²) >= 11 is 0. The van der Waals surface area contributed by atoms with E-state index in [9.17, 15) is 15.3 Å². The molecule has 0 amide bonds. The first-order valence-electron chi connectivity index (χ1n) is 11.1. The maximum atomic E-state index is 10.6. The van der Waals surface area contributed by atoms with Gasteiger partial charge in [-0.05, 0) is 99.8 Å². The third kappa shape index (κ3) is 4.37. The van der Waals surface area contributed by atoms with Gasteiger partial charge in [0.2, 0.25) is 0 Å². The topological polar surface area (TPSA) is 73.2 Å². The number of phenols is 3. The van der Waals surface area contributed by atoms with Crippen molar-refractivity contribution in [3.05, 3.63) is 94.5 Å². The smallest absolute Gasteiger partial charge is 0.169 e. The molecule has 5 heteroatoms. The Morgan fingerprint density at radius 2 is 1.06 bits per heavy atom. The number of hydrogen-bond donors (Lipinski definition) is 3. The maximum absolute atomic E-state index is 10.6. The number of hydrogen-bond acceptors (Lipinski definition) is 5. The lowest BCUT2D eigenvalue weighted by molar-refractivity contribution is 0.411. The Morgan fingerprint density at radius 1 is 0.529 bits per heavy atom. The van der Waals surface area contributed by atoms with Crippen LogP contribution in [0, 0.1) is 34.6 Å². The molecule has 0 saturated carbocycles. The average molecular weight is 456 g/mol. The van der Waals surface area contributed by atoms with Crippen molar-refractivity contribution in [1.82, 2.24) is 0 Å². The Kier molecular flexibility index (Phi) is 6.12. The van der Waals surface area contributed by atoms with Gasteiger partial charge in [-0.1, -0.05) is 18.2 Å². The molecule has 5 nitrogen and oxygen atoms in total. The van der Waals surface area contributed by atoms with Crippen LogP contribution in [0.15, 0.2) is 66.7 Å². The van der Waals surface area contributed by atoms with E-state index in [0.29, 0.717) is 28.3 Å². The van der Waals surface area contributed by atoms with E-state index in [1.165, 1.54) is 0 Å². The molecule has 0 saturated heterocycles. The van der Waals surface area contributed by atoms with Crippen molar-refractivity contribution in [1.29, 1.82) is 0 Å². The molecule has 4 aromatic carbocycles. The minimum absolute atomic E-state index is 0.0510. The zero-order valence-corrected chi connectivity index (χ0v) is 20.0. The zero-order valence-electron chi connectivity index (χ0n) is 20.0. The molecule has 0 radical (unpaired) electrons. The summed E-state index contributed by atoms with van der Waals surface area (Å²) in [5.41, 5.74) is 6.32. The predicted molar refractivity (Wildman–Crippen MR) is 136 cm³/mol. The Morgan fingerprint density at radius 3 is 1.62 bits per heavy atom. The number of anilines is 3. The number of benzene rings is 4. The van der Waals surface area contributed by atoms with Crippen molar-refractivity contribution in [2.24, 2.45) is 0 Å². The number of para-hydroxylation sites is 2. The van der Waals surface area contributed by atoms with E-state index in [4.69, 9.17) is 4.74 Å². The molecule has 0 aromatic heterocycles. The van der Waals surface area contributed by atoms with Gasteiger partial charge in [-0.3, -0.25) is 0 Å². The maximum Gasteiger partial charge on any atom is 0.169 e. The van der Waals surface area contributed by atoms with Crippen LogP contribution in [0.4, 0.5) is 17.1 Å². The molecule has 34 heavy (non-hydrogen) atoms. The predicted octanol–water partition coefficient (Wildman–Crippen LogP) is 7.61. The molecule has 4 rings (SSSR count). The summed E-state index contributed by atoms with van der Waals surface area (Å²) in [6, 6.07) is 20.2. The van der Waals surface area contributed by atoms with E-state index < -0.39 is 0 Å². The number of nitrogens with zero attached hydrogens (tertiary/aromatic N) is 1. The van der Waals surface area contributed by atoms with Crippen molar-refractivity contribution in [3.8, 4) is 28.7 Å². The number of ether oxygens (including phenoxy) is 1. The van der Waals surface area contributed by atoms with Crippen LogP contribution in [0.5, 0.6) is 28.7 Å². The molecular weight excluding hydrogens is 426 g/mol. The van der Waals surface area contributed by atoms with E-state index in [1.54, 1.807) is 24.3 Å². The van der Waals surface area contributed by atoms with Gasteiger partial charge in [-0.15, -0.1) is 0 Å². The molecule has 0 atom stereocenters. The van der Waals surface area contributed by atoms with Gasteiger partial charge < -0.3 is 25.0 Å². The van der Waals surface area contributed by atoms with Crippen molar-refractivity contribution in [3.63, 3.8) is 0 Å². The highest BCUT2D eigenvalue weighted by atomic mass is 16.5. The summed E-state index contributed by atoms with van der Waals surface area (Å²) in [5, 5.41) is 31.7. The Labute approximate surface area is 200 Å². The van der Waals surface area contributed by atoms with Crippen molar-refractivity contribution in [2.45, 2.75) is 34.6 Å². The van der Waals surface area contributed by atoms with Crippen LogP contribution in [0.3, 0.4) is 0 Å².